The zero-order valence-corrected chi connectivity index (χ0v) is 18.4. The molecule has 2 aliphatic rings. The molecule has 1 atom stereocenters. The summed E-state index contributed by atoms with van der Waals surface area (Å²) in [6.07, 6.45) is 3.81. The first-order valence-corrected chi connectivity index (χ1v) is 10.8. The number of ketones is 1. The highest BCUT2D eigenvalue weighted by atomic mass is 19.1. The van der Waals surface area contributed by atoms with Crippen molar-refractivity contribution >= 4 is 17.4 Å². The van der Waals surface area contributed by atoms with Crippen molar-refractivity contribution in [3.8, 4) is 5.75 Å². The van der Waals surface area contributed by atoms with Crippen molar-refractivity contribution in [1.29, 1.82) is 0 Å². The largest absolute Gasteiger partial charge is 0.507 e. The Bertz CT molecular complexity index is 1050. The first-order valence-electron chi connectivity index (χ1n) is 10.8. The van der Waals surface area contributed by atoms with Crippen molar-refractivity contribution in [1.82, 2.24) is 14.8 Å². The van der Waals surface area contributed by atoms with E-state index in [1.807, 2.05) is 0 Å². The molecule has 0 unspecified atom stereocenters. The molecule has 1 amide bonds. The molecular formula is C24H26FN3O5. The first-order chi connectivity index (χ1) is 16.0. The third-order valence-electron chi connectivity index (χ3n) is 5.94. The van der Waals surface area contributed by atoms with Gasteiger partial charge in [0.05, 0.1) is 31.9 Å². The van der Waals surface area contributed by atoms with Crippen molar-refractivity contribution in [2.24, 2.45) is 0 Å². The maximum atomic E-state index is 14.3. The van der Waals surface area contributed by atoms with Crippen LogP contribution in [0.2, 0.25) is 0 Å². The molecular weight excluding hydrogens is 429 g/mol. The number of pyridine rings is 1. The number of likely N-dealkylation sites (tertiary alicyclic amines) is 1. The van der Waals surface area contributed by atoms with Crippen LogP contribution in [0.15, 0.2) is 48.3 Å². The van der Waals surface area contributed by atoms with Gasteiger partial charge in [-0.25, -0.2) is 4.39 Å². The number of ether oxygens (including phenoxy) is 2. The predicted molar refractivity (Wildman–Crippen MR) is 118 cm³/mol. The van der Waals surface area contributed by atoms with E-state index in [0.717, 1.165) is 25.7 Å². The third kappa shape index (κ3) is 4.74. The highest BCUT2D eigenvalue weighted by Crippen LogP contribution is 2.39. The number of halogens is 1. The normalized spacial score (nSPS) is 20.9. The van der Waals surface area contributed by atoms with Gasteiger partial charge in [-0.2, -0.15) is 0 Å². The topological polar surface area (TPSA) is 92.2 Å². The van der Waals surface area contributed by atoms with Crippen molar-refractivity contribution in [2.75, 3.05) is 46.5 Å². The van der Waals surface area contributed by atoms with E-state index in [1.54, 1.807) is 24.5 Å². The number of carbonyl (C=O) groups excluding carboxylic acids is 2. The molecule has 0 saturated carbocycles. The van der Waals surface area contributed by atoms with Gasteiger partial charge in [0.1, 0.15) is 5.76 Å². The van der Waals surface area contributed by atoms with Crippen LogP contribution in [0.5, 0.6) is 5.75 Å². The molecule has 8 nitrogen and oxygen atoms in total. The van der Waals surface area contributed by atoms with Crippen LogP contribution in [-0.4, -0.2) is 78.1 Å². The Morgan fingerprint density at radius 2 is 2.03 bits per heavy atom. The number of Topliss-reactive ketones (excluding diaryl/α,β-unsaturated/α-hetero) is 1. The second-order valence-corrected chi connectivity index (χ2v) is 7.94. The van der Waals surface area contributed by atoms with Crippen LogP contribution in [0.25, 0.3) is 5.76 Å². The summed E-state index contributed by atoms with van der Waals surface area (Å²) in [7, 11) is 1.34. The van der Waals surface area contributed by atoms with E-state index in [9.17, 15) is 19.1 Å². The van der Waals surface area contributed by atoms with Crippen LogP contribution in [0.1, 0.15) is 23.6 Å². The van der Waals surface area contributed by atoms with Crippen LogP contribution in [-0.2, 0) is 14.3 Å². The van der Waals surface area contributed by atoms with Crippen molar-refractivity contribution < 1.29 is 28.6 Å². The van der Waals surface area contributed by atoms with E-state index in [-0.39, 0.29) is 16.9 Å². The number of amides is 1. The van der Waals surface area contributed by atoms with E-state index < -0.39 is 29.3 Å². The fourth-order valence-corrected chi connectivity index (χ4v) is 4.25. The van der Waals surface area contributed by atoms with E-state index >= 15 is 0 Å². The summed E-state index contributed by atoms with van der Waals surface area (Å²) in [6.45, 7) is 4.10. The number of hydrogen-bond donors (Lipinski definition) is 1. The van der Waals surface area contributed by atoms with E-state index in [1.165, 1.54) is 24.1 Å². The van der Waals surface area contributed by atoms with Gasteiger partial charge in [0.25, 0.3) is 11.7 Å². The Kier molecular flexibility index (Phi) is 7.00. The number of benzene rings is 1. The van der Waals surface area contributed by atoms with Crippen LogP contribution in [0, 0.1) is 5.82 Å². The molecule has 3 heterocycles. The number of rotatable bonds is 7. The van der Waals surface area contributed by atoms with Gasteiger partial charge in [0, 0.05) is 44.1 Å². The molecule has 2 saturated heterocycles. The van der Waals surface area contributed by atoms with Gasteiger partial charge < -0.3 is 19.5 Å². The number of aliphatic hydroxyl groups is 1. The maximum absolute atomic E-state index is 14.3. The molecule has 0 radical (unpaired) electrons. The Hall–Kier alpha value is -3.30. The molecule has 0 bridgehead atoms. The highest BCUT2D eigenvalue weighted by molar-refractivity contribution is 6.46. The fourth-order valence-electron chi connectivity index (χ4n) is 4.25. The molecule has 174 valence electrons. The van der Waals surface area contributed by atoms with Gasteiger partial charge in [0.15, 0.2) is 11.6 Å². The van der Waals surface area contributed by atoms with Gasteiger partial charge in [-0.05, 0) is 36.2 Å². The minimum atomic E-state index is -0.812. The number of hydrogen-bond acceptors (Lipinski definition) is 7. The lowest BCUT2D eigenvalue weighted by Crippen LogP contribution is -2.39. The predicted octanol–water partition coefficient (Wildman–Crippen LogP) is 2.37. The SMILES string of the molecule is COc1ccc(/C(O)=C2\C(=O)C(=O)N(CCCN3CCOCC3)[C@H]2c2cccnc2)cc1F. The lowest BCUT2D eigenvalue weighted by molar-refractivity contribution is -0.140. The lowest BCUT2D eigenvalue weighted by atomic mass is 9.96. The van der Waals surface area contributed by atoms with Gasteiger partial charge in [-0.15, -0.1) is 0 Å². The van der Waals surface area contributed by atoms with E-state index in [4.69, 9.17) is 9.47 Å². The van der Waals surface area contributed by atoms with Gasteiger partial charge in [-0.3, -0.25) is 19.5 Å². The molecule has 1 aromatic carbocycles. The zero-order chi connectivity index (χ0) is 23.4. The van der Waals surface area contributed by atoms with E-state index in [0.29, 0.717) is 31.7 Å². The quantitative estimate of drug-likeness (QED) is 0.389. The number of aliphatic hydroxyl groups excluding tert-OH is 1. The molecule has 2 aliphatic heterocycles. The second kappa shape index (κ2) is 10.1. The summed E-state index contributed by atoms with van der Waals surface area (Å²) in [5.41, 5.74) is 0.607. The monoisotopic (exact) mass is 455 g/mol. The van der Waals surface area contributed by atoms with Crippen LogP contribution >= 0.6 is 0 Å². The summed E-state index contributed by atoms with van der Waals surface area (Å²) in [5.74, 6) is -2.59. The second-order valence-electron chi connectivity index (χ2n) is 7.94. The van der Waals surface area contributed by atoms with Gasteiger partial charge in [-0.1, -0.05) is 6.07 Å². The number of methoxy groups -OCH3 is 1. The summed E-state index contributed by atoms with van der Waals surface area (Å²) < 4.78 is 24.6. The van der Waals surface area contributed by atoms with Crippen molar-refractivity contribution in [3.05, 3.63) is 65.2 Å². The van der Waals surface area contributed by atoms with Crippen molar-refractivity contribution in [3.63, 3.8) is 0 Å². The standard InChI is InChI=1S/C24H26FN3O5/c1-32-19-6-5-16(14-18(19)25)22(29)20-21(17-4-2-7-26-15-17)28(24(31)23(20)30)9-3-8-27-10-12-33-13-11-27/h2,4-7,14-15,21,29H,3,8-13H2,1H3/b22-20+/t21-/m0/s1. The van der Waals surface area contributed by atoms with Gasteiger partial charge in [0.2, 0.25) is 0 Å². The molecule has 2 aromatic rings. The maximum Gasteiger partial charge on any atom is 0.295 e. The molecule has 33 heavy (non-hydrogen) atoms. The summed E-state index contributed by atoms with van der Waals surface area (Å²) >= 11 is 0. The average Bonchev–Trinajstić information content (AvgIpc) is 3.10. The molecule has 1 aromatic heterocycles. The Balaban J connectivity index is 1.66. The van der Waals surface area contributed by atoms with Crippen LogP contribution < -0.4 is 4.74 Å². The van der Waals surface area contributed by atoms with Crippen molar-refractivity contribution in [2.45, 2.75) is 12.5 Å². The average molecular weight is 455 g/mol. The van der Waals surface area contributed by atoms with Gasteiger partial charge >= 0.3 is 0 Å². The number of morpholine rings is 1. The number of carbonyl (C=O) groups is 2. The summed E-state index contributed by atoms with van der Waals surface area (Å²) in [6, 6.07) is 6.54. The third-order valence-corrected chi connectivity index (χ3v) is 5.94. The lowest BCUT2D eigenvalue weighted by Gasteiger charge is -2.29. The zero-order valence-electron chi connectivity index (χ0n) is 18.4. The Morgan fingerprint density at radius 3 is 2.70 bits per heavy atom. The minimum absolute atomic E-state index is 0.0129. The molecule has 9 heteroatoms. The summed E-state index contributed by atoms with van der Waals surface area (Å²) in [5, 5.41) is 11.0. The highest BCUT2D eigenvalue weighted by Gasteiger charge is 2.46. The van der Waals surface area contributed by atoms with E-state index in [2.05, 4.69) is 9.88 Å². The number of aromatic nitrogens is 1. The summed E-state index contributed by atoms with van der Waals surface area (Å²) in [4.78, 5) is 33.8. The fraction of sp³-hybridized carbons (Fsp3) is 0.375. The Morgan fingerprint density at radius 1 is 1.24 bits per heavy atom. The number of nitrogens with zero attached hydrogens (tertiary/aromatic N) is 3. The molecule has 0 aliphatic carbocycles. The van der Waals surface area contributed by atoms with Crippen LogP contribution in [0.3, 0.4) is 0 Å². The molecule has 2 fully saturated rings. The molecule has 1 N–H and O–H groups in total. The smallest absolute Gasteiger partial charge is 0.295 e. The molecule has 0 spiro atoms. The first kappa shape index (κ1) is 22.9. The Labute approximate surface area is 191 Å². The van der Waals surface area contributed by atoms with Crippen LogP contribution in [0.4, 0.5) is 4.39 Å². The molecule has 4 rings (SSSR count). The minimum Gasteiger partial charge on any atom is -0.507 e.